The number of aryl methyl sites for hydroxylation is 2. The van der Waals surface area contributed by atoms with Gasteiger partial charge in [-0.3, -0.25) is 0 Å². The number of hydrogen-bond donors (Lipinski definition) is 0. The van der Waals surface area contributed by atoms with Gasteiger partial charge in [-0.2, -0.15) is 120 Å². The molecule has 4 heteroatoms. The molecule has 8 rings (SSSR count). The minimum Gasteiger partial charge on any atom is -0.184 e. The third-order valence-corrected chi connectivity index (χ3v) is 7.22. The van der Waals surface area contributed by atoms with Crippen LogP contribution < -0.4 is 0 Å². The van der Waals surface area contributed by atoms with Crippen LogP contribution in [0.3, 0.4) is 0 Å². The molecule has 44 heavy (non-hydrogen) atoms. The molecule has 2 aliphatic carbocycles. The van der Waals surface area contributed by atoms with Gasteiger partial charge >= 0.3 is 26.2 Å². The molecule has 0 heterocycles. The quantitative estimate of drug-likeness (QED) is 0.109. The second-order valence-corrected chi connectivity index (χ2v) is 9.81. The van der Waals surface area contributed by atoms with Gasteiger partial charge < -0.3 is 0 Å². The van der Waals surface area contributed by atoms with Crippen LogP contribution in [0, 0.1) is 38.1 Å². The van der Waals surface area contributed by atoms with E-state index in [-0.39, 0.29) is 62.0 Å². The number of fused-ring (bicyclic) bond motifs is 6. The molecule has 6 aromatic rings. The van der Waals surface area contributed by atoms with Crippen molar-refractivity contribution >= 4 is 35.8 Å². The van der Waals surface area contributed by atoms with Crippen molar-refractivity contribution in [3.63, 3.8) is 0 Å². The Balaban J connectivity index is 0.000000304. The molecule has 0 fully saturated rings. The molecule has 0 saturated heterocycles. The van der Waals surface area contributed by atoms with Crippen LogP contribution in [0.2, 0.25) is 0 Å². The Kier molecular flexibility index (Phi) is 17.8. The van der Waals surface area contributed by atoms with Gasteiger partial charge in [0.2, 0.25) is 0 Å². The van der Waals surface area contributed by atoms with Gasteiger partial charge in [-0.1, -0.05) is 62.4 Å². The molecule has 0 N–H and O–H groups in total. The van der Waals surface area contributed by atoms with Crippen molar-refractivity contribution in [2.24, 2.45) is 0 Å². The maximum Gasteiger partial charge on any atom is 4.00 e. The van der Waals surface area contributed by atoms with Crippen LogP contribution in [0.25, 0.3) is 22.3 Å². The first kappa shape index (κ1) is 39.0. The molecule has 0 atom stereocenters. The summed E-state index contributed by atoms with van der Waals surface area (Å²) < 4.78 is 0. The summed E-state index contributed by atoms with van der Waals surface area (Å²) in [5.41, 5.74) is 14.0. The van der Waals surface area contributed by atoms with Crippen molar-refractivity contribution in [1.29, 1.82) is 0 Å². The van der Waals surface area contributed by atoms with Gasteiger partial charge in [-0.15, -0.1) is 47.1 Å². The molecule has 0 spiro atoms. The molecule has 0 aliphatic heterocycles. The zero-order valence-electron chi connectivity index (χ0n) is 25.4. The maximum absolute atomic E-state index is 3.27. The topological polar surface area (TPSA) is 0 Å². The summed E-state index contributed by atoms with van der Waals surface area (Å²) in [6.45, 7) is 4.29. The summed E-state index contributed by atoms with van der Waals surface area (Å²) in [7, 11) is 0. The molecule has 0 amide bonds. The van der Waals surface area contributed by atoms with E-state index in [1.165, 1.54) is 55.6 Å². The molecular weight excluding hydrogens is 671 g/mol. The van der Waals surface area contributed by atoms with Crippen LogP contribution in [0.15, 0.2) is 133 Å². The molecule has 0 bridgehead atoms. The second-order valence-electron chi connectivity index (χ2n) is 9.81. The Labute approximate surface area is 300 Å². The molecular formula is C40H37Cl2SiZr. The molecule has 219 valence electrons. The van der Waals surface area contributed by atoms with Gasteiger partial charge in [-0.25, -0.2) is 0 Å². The molecule has 6 aromatic carbocycles. The fourth-order valence-electron chi connectivity index (χ4n) is 5.18. The van der Waals surface area contributed by atoms with Crippen molar-refractivity contribution in [2.75, 3.05) is 0 Å². The van der Waals surface area contributed by atoms with E-state index in [9.17, 15) is 0 Å². The van der Waals surface area contributed by atoms with Gasteiger partial charge in [0, 0.05) is 0 Å². The Bertz CT molecular complexity index is 1490. The molecule has 0 aromatic heterocycles. The van der Waals surface area contributed by atoms with E-state index < -0.39 is 0 Å². The van der Waals surface area contributed by atoms with Crippen LogP contribution in [0.4, 0.5) is 0 Å². The predicted molar refractivity (Wildman–Crippen MR) is 192 cm³/mol. The Morgan fingerprint density at radius 3 is 1.11 bits per heavy atom. The van der Waals surface area contributed by atoms with Crippen LogP contribution >= 0.6 is 24.8 Å². The number of rotatable bonds is 0. The molecule has 2 aliphatic rings. The molecule has 0 saturated carbocycles. The molecule has 1 radical (unpaired) electrons. The Hall–Kier alpha value is -3.00. The van der Waals surface area contributed by atoms with Crippen molar-refractivity contribution in [2.45, 2.75) is 26.7 Å². The van der Waals surface area contributed by atoms with Crippen LogP contribution in [0.5, 0.6) is 0 Å². The second kappa shape index (κ2) is 20.1. The van der Waals surface area contributed by atoms with Crippen molar-refractivity contribution in [3.8, 4) is 22.3 Å². The van der Waals surface area contributed by atoms with E-state index in [4.69, 9.17) is 0 Å². The first-order valence-electron chi connectivity index (χ1n) is 13.7. The van der Waals surface area contributed by atoms with Crippen molar-refractivity contribution < 1.29 is 26.2 Å². The van der Waals surface area contributed by atoms with Crippen LogP contribution in [-0.2, 0) is 39.0 Å². The average molecular weight is 708 g/mol. The number of halogens is 2. The first-order valence-corrected chi connectivity index (χ1v) is 13.7. The third kappa shape index (κ3) is 10.0. The van der Waals surface area contributed by atoms with E-state index in [2.05, 4.69) is 98.8 Å². The van der Waals surface area contributed by atoms with E-state index in [1.54, 1.807) is 0 Å². The summed E-state index contributed by atoms with van der Waals surface area (Å²) in [6.07, 6.45) is 2.16. The number of benzene rings is 6. The van der Waals surface area contributed by atoms with E-state index >= 15 is 0 Å². The van der Waals surface area contributed by atoms with Gasteiger partial charge in [0.05, 0.1) is 0 Å². The predicted octanol–water partition coefficient (Wildman–Crippen LogP) is 9.36. The maximum atomic E-state index is 3.27. The van der Waals surface area contributed by atoms with E-state index in [0.717, 1.165) is 12.8 Å². The summed E-state index contributed by atoms with van der Waals surface area (Å²) in [6, 6.07) is 57.2. The zero-order chi connectivity index (χ0) is 27.6. The summed E-state index contributed by atoms with van der Waals surface area (Å²) in [4.78, 5) is 0. The van der Waals surface area contributed by atoms with E-state index in [1.807, 2.05) is 72.8 Å². The first-order chi connectivity index (χ1) is 19.7. The SMILES string of the molecule is Cc1[c-]ccc2c1Cc1ccccc1-2.Cc1[c-]ccc2c1Cc1ccccc1-2.Cl.Cl.[SiH3].[Zr+4].[c-]1ccccc1.[c-]1ccccc1. The molecule has 0 nitrogen and oxygen atoms in total. The van der Waals surface area contributed by atoms with Gasteiger partial charge in [0.1, 0.15) is 0 Å². The fraction of sp³-hybridized carbons (Fsp3) is 0.100. The monoisotopic (exact) mass is 705 g/mol. The van der Waals surface area contributed by atoms with Gasteiger partial charge in [0.15, 0.2) is 0 Å². The van der Waals surface area contributed by atoms with Crippen molar-refractivity contribution in [3.05, 3.63) is 191 Å². The summed E-state index contributed by atoms with van der Waals surface area (Å²) in [5, 5.41) is 0. The standard InChI is InChI=1S/2C14H11.2C6H5.2ClH.H3Si.Zr/c2*1-10-5-4-8-13-12-7-3-2-6-11(12)9-14(10)13;2*1-2-4-6-5-3-1;;;;/h2*2-4,6-8H,9H2,1H3;2*1-5H;2*1H;1H3;/q4*-1;;;;+4. The summed E-state index contributed by atoms with van der Waals surface area (Å²) >= 11 is 0. The number of hydrogen-bond acceptors (Lipinski definition) is 0. The summed E-state index contributed by atoms with van der Waals surface area (Å²) in [5.74, 6) is 0. The van der Waals surface area contributed by atoms with Gasteiger partial charge in [0.25, 0.3) is 0 Å². The molecule has 0 unspecified atom stereocenters. The zero-order valence-corrected chi connectivity index (χ0v) is 31.5. The van der Waals surface area contributed by atoms with E-state index in [0.29, 0.717) is 0 Å². The Morgan fingerprint density at radius 2 is 0.795 bits per heavy atom. The smallest absolute Gasteiger partial charge is 0.184 e. The Morgan fingerprint density at radius 1 is 0.432 bits per heavy atom. The minimum absolute atomic E-state index is 0. The van der Waals surface area contributed by atoms with Gasteiger partial charge in [-0.05, 0) is 46.1 Å². The fourth-order valence-corrected chi connectivity index (χ4v) is 5.18. The third-order valence-electron chi connectivity index (χ3n) is 7.22. The largest absolute Gasteiger partial charge is 4.00 e. The van der Waals surface area contributed by atoms with Crippen molar-refractivity contribution in [1.82, 2.24) is 0 Å². The van der Waals surface area contributed by atoms with Crippen LogP contribution in [0.1, 0.15) is 33.4 Å². The van der Waals surface area contributed by atoms with Crippen LogP contribution in [-0.4, -0.2) is 11.0 Å². The normalized spacial score (nSPS) is 10.0. The minimum atomic E-state index is 0. The average Bonchev–Trinajstić information content (AvgIpc) is 3.61.